The quantitative estimate of drug-likeness (QED) is 0.708. The molecule has 1 aromatic heterocycles. The maximum atomic E-state index is 12.8. The van der Waals surface area contributed by atoms with Crippen LogP contribution in [0.1, 0.15) is 55.9 Å². The molecule has 26 heavy (non-hydrogen) atoms. The summed E-state index contributed by atoms with van der Waals surface area (Å²) in [6.45, 7) is 14.8. The first-order chi connectivity index (χ1) is 12.0. The first kappa shape index (κ1) is 21.1. The van der Waals surface area contributed by atoms with Crippen LogP contribution in [0.3, 0.4) is 0 Å². The average Bonchev–Trinajstić information content (AvgIpc) is 2.82. The van der Waals surface area contributed by atoms with Gasteiger partial charge in [0.15, 0.2) is 5.78 Å². The lowest BCUT2D eigenvalue weighted by atomic mass is 10.1. The van der Waals surface area contributed by atoms with Gasteiger partial charge in [0, 0.05) is 48.7 Å². The van der Waals surface area contributed by atoms with Gasteiger partial charge < -0.3 is 4.57 Å². The minimum atomic E-state index is -3.14. The van der Waals surface area contributed by atoms with Gasteiger partial charge in [-0.05, 0) is 47.1 Å². The molecule has 2 heterocycles. The van der Waals surface area contributed by atoms with Crippen LogP contribution in [0.15, 0.2) is 6.07 Å². The third-order valence-corrected chi connectivity index (χ3v) is 7.03. The highest BCUT2D eigenvalue weighted by Gasteiger charge is 2.28. The lowest BCUT2D eigenvalue weighted by Gasteiger charge is -2.33. The molecule has 1 aromatic rings. The number of aryl methyl sites for hydroxylation is 1. The van der Waals surface area contributed by atoms with Gasteiger partial charge in [-0.25, -0.2) is 8.42 Å². The van der Waals surface area contributed by atoms with Gasteiger partial charge in [0.05, 0.1) is 12.3 Å². The van der Waals surface area contributed by atoms with Crippen LogP contribution in [0, 0.1) is 13.8 Å². The zero-order valence-electron chi connectivity index (χ0n) is 17.0. The number of rotatable bonds is 6. The molecular formula is C19H33N3O3S. The van der Waals surface area contributed by atoms with E-state index in [1.807, 2.05) is 26.8 Å². The first-order valence-corrected chi connectivity index (χ1v) is 11.0. The van der Waals surface area contributed by atoms with Crippen LogP contribution in [-0.4, -0.2) is 66.4 Å². The zero-order chi connectivity index (χ0) is 19.7. The predicted octanol–water partition coefficient (Wildman–Crippen LogP) is 2.40. The molecule has 7 heteroatoms. The van der Waals surface area contributed by atoms with Gasteiger partial charge in [0.25, 0.3) is 0 Å². The Labute approximate surface area is 158 Å². The van der Waals surface area contributed by atoms with Crippen LogP contribution >= 0.6 is 0 Å². The topological polar surface area (TPSA) is 62.6 Å². The Morgan fingerprint density at radius 2 is 1.69 bits per heavy atom. The summed E-state index contributed by atoms with van der Waals surface area (Å²) >= 11 is 0. The van der Waals surface area contributed by atoms with Crippen molar-refractivity contribution in [1.29, 1.82) is 0 Å². The fourth-order valence-corrected chi connectivity index (χ4v) is 5.41. The molecule has 1 aliphatic heterocycles. The van der Waals surface area contributed by atoms with Crippen molar-refractivity contribution in [2.24, 2.45) is 0 Å². The number of carbonyl (C=O) groups is 1. The molecule has 0 spiro atoms. The van der Waals surface area contributed by atoms with Crippen molar-refractivity contribution in [3.05, 3.63) is 23.0 Å². The summed E-state index contributed by atoms with van der Waals surface area (Å²) in [6, 6.07) is 1.98. The minimum absolute atomic E-state index is 0.0635. The van der Waals surface area contributed by atoms with E-state index < -0.39 is 10.0 Å². The van der Waals surface area contributed by atoms with Gasteiger partial charge in [-0.3, -0.25) is 9.69 Å². The number of piperazine rings is 1. The Kier molecular flexibility index (Phi) is 6.36. The summed E-state index contributed by atoms with van der Waals surface area (Å²) in [4.78, 5) is 14.9. The summed E-state index contributed by atoms with van der Waals surface area (Å²) in [7, 11) is -3.14. The van der Waals surface area contributed by atoms with Crippen molar-refractivity contribution in [3.63, 3.8) is 0 Å². The van der Waals surface area contributed by atoms with Crippen molar-refractivity contribution < 1.29 is 13.2 Å². The Hall–Kier alpha value is -1.18. The van der Waals surface area contributed by atoms with Gasteiger partial charge in [-0.2, -0.15) is 4.31 Å². The van der Waals surface area contributed by atoms with E-state index in [-0.39, 0.29) is 17.1 Å². The number of aromatic nitrogens is 1. The number of Topliss-reactive ketones (excluding diaryl/α,β-unsaturated/α-hetero) is 1. The van der Waals surface area contributed by atoms with Gasteiger partial charge in [0.1, 0.15) is 0 Å². The monoisotopic (exact) mass is 383 g/mol. The third-order valence-electron chi connectivity index (χ3n) is 4.96. The summed E-state index contributed by atoms with van der Waals surface area (Å²) in [5.41, 5.74) is 2.81. The van der Waals surface area contributed by atoms with Crippen LogP contribution in [0.5, 0.6) is 0 Å². The summed E-state index contributed by atoms with van der Waals surface area (Å²) < 4.78 is 28.1. The SMILES string of the molecule is CCCS(=O)(=O)N1CCN(CC(=O)c2cc(C)n(C(C)(C)C)c2C)CC1. The van der Waals surface area contributed by atoms with Crippen molar-refractivity contribution >= 4 is 15.8 Å². The molecule has 0 bridgehead atoms. The number of ketones is 1. The van der Waals surface area contributed by atoms with Crippen molar-refractivity contribution in [2.45, 2.75) is 53.5 Å². The molecule has 2 rings (SSSR count). The molecule has 6 nitrogen and oxygen atoms in total. The highest BCUT2D eigenvalue weighted by Crippen LogP contribution is 2.25. The van der Waals surface area contributed by atoms with Crippen LogP contribution in [0.2, 0.25) is 0 Å². The largest absolute Gasteiger partial charge is 0.343 e. The van der Waals surface area contributed by atoms with Gasteiger partial charge in [0.2, 0.25) is 10.0 Å². The maximum absolute atomic E-state index is 12.8. The lowest BCUT2D eigenvalue weighted by molar-refractivity contribution is 0.0901. The van der Waals surface area contributed by atoms with Crippen molar-refractivity contribution in [2.75, 3.05) is 38.5 Å². The molecule has 0 saturated carbocycles. The molecule has 148 valence electrons. The fraction of sp³-hybridized carbons (Fsp3) is 0.737. The van der Waals surface area contributed by atoms with E-state index in [1.165, 1.54) is 0 Å². The van der Waals surface area contributed by atoms with Crippen LogP contribution in [-0.2, 0) is 15.6 Å². The summed E-state index contributed by atoms with van der Waals surface area (Å²) in [5.74, 6) is 0.309. The predicted molar refractivity (Wildman–Crippen MR) is 105 cm³/mol. The summed E-state index contributed by atoms with van der Waals surface area (Å²) in [6.07, 6.45) is 0.629. The third kappa shape index (κ3) is 4.56. The van der Waals surface area contributed by atoms with E-state index in [0.29, 0.717) is 39.1 Å². The fourth-order valence-electron chi connectivity index (χ4n) is 3.92. The molecule has 0 radical (unpaired) electrons. The highest BCUT2D eigenvalue weighted by atomic mass is 32.2. The molecule has 1 saturated heterocycles. The van der Waals surface area contributed by atoms with Gasteiger partial charge in [-0.1, -0.05) is 6.92 Å². The van der Waals surface area contributed by atoms with Crippen molar-refractivity contribution in [3.8, 4) is 0 Å². The van der Waals surface area contributed by atoms with E-state index in [0.717, 1.165) is 17.0 Å². The highest BCUT2D eigenvalue weighted by molar-refractivity contribution is 7.89. The van der Waals surface area contributed by atoms with Gasteiger partial charge in [-0.15, -0.1) is 0 Å². The van der Waals surface area contributed by atoms with Crippen LogP contribution < -0.4 is 0 Å². The molecule has 0 unspecified atom stereocenters. The number of hydrogen-bond donors (Lipinski definition) is 0. The molecule has 0 atom stereocenters. The van der Waals surface area contributed by atoms with Crippen LogP contribution in [0.4, 0.5) is 0 Å². The zero-order valence-corrected chi connectivity index (χ0v) is 17.8. The Balaban J connectivity index is 2.03. The van der Waals surface area contributed by atoms with Crippen LogP contribution in [0.25, 0.3) is 0 Å². The Morgan fingerprint density at radius 3 is 2.15 bits per heavy atom. The normalized spacial score (nSPS) is 17.6. The second-order valence-electron chi connectivity index (χ2n) is 8.21. The molecule has 1 aliphatic rings. The van der Waals surface area contributed by atoms with E-state index in [4.69, 9.17) is 0 Å². The molecule has 0 aromatic carbocycles. The standard InChI is InChI=1S/C19H33N3O3S/c1-7-12-26(24,25)21-10-8-20(9-11-21)14-18(23)17-13-15(2)22(16(17)3)19(4,5)6/h13H,7-12,14H2,1-6H3. The Morgan fingerprint density at radius 1 is 1.12 bits per heavy atom. The van der Waals surface area contributed by atoms with E-state index in [9.17, 15) is 13.2 Å². The van der Waals surface area contributed by atoms with E-state index in [1.54, 1.807) is 4.31 Å². The second kappa shape index (κ2) is 7.82. The lowest BCUT2D eigenvalue weighted by Crippen LogP contribution is -2.50. The number of hydrogen-bond acceptors (Lipinski definition) is 4. The minimum Gasteiger partial charge on any atom is -0.343 e. The maximum Gasteiger partial charge on any atom is 0.214 e. The molecule has 0 N–H and O–H groups in total. The van der Waals surface area contributed by atoms with E-state index >= 15 is 0 Å². The molecule has 1 fully saturated rings. The molecule has 0 aliphatic carbocycles. The Bertz CT molecular complexity index is 752. The van der Waals surface area contributed by atoms with E-state index in [2.05, 4.69) is 30.2 Å². The number of carbonyl (C=O) groups excluding carboxylic acids is 1. The summed E-state index contributed by atoms with van der Waals surface area (Å²) in [5, 5.41) is 0. The number of nitrogens with zero attached hydrogens (tertiary/aromatic N) is 3. The number of sulfonamides is 1. The first-order valence-electron chi connectivity index (χ1n) is 9.40. The molecule has 0 amide bonds. The average molecular weight is 384 g/mol. The van der Waals surface area contributed by atoms with Crippen molar-refractivity contribution in [1.82, 2.24) is 13.8 Å². The smallest absolute Gasteiger partial charge is 0.214 e. The second-order valence-corrected chi connectivity index (χ2v) is 10.3. The van der Waals surface area contributed by atoms with Gasteiger partial charge >= 0.3 is 0 Å². The molecular weight excluding hydrogens is 350 g/mol.